The summed E-state index contributed by atoms with van der Waals surface area (Å²) in [6, 6.07) is 7.45. The highest BCUT2D eigenvalue weighted by Crippen LogP contribution is 2.38. The highest BCUT2D eigenvalue weighted by molar-refractivity contribution is 6.32. The van der Waals surface area contributed by atoms with Gasteiger partial charge in [0, 0.05) is 5.56 Å². The van der Waals surface area contributed by atoms with Crippen LogP contribution in [0.15, 0.2) is 30.3 Å². The maximum Gasteiger partial charge on any atom is 0.338 e. The van der Waals surface area contributed by atoms with E-state index in [1.165, 1.54) is 46.6 Å². The van der Waals surface area contributed by atoms with E-state index in [9.17, 15) is 9.59 Å². The molecule has 0 aliphatic heterocycles. The fourth-order valence-electron chi connectivity index (χ4n) is 2.34. The second-order valence-corrected chi connectivity index (χ2v) is 5.67. The molecule has 2 aromatic rings. The molecule has 2 rings (SSSR count). The van der Waals surface area contributed by atoms with Gasteiger partial charge in [-0.15, -0.1) is 0 Å². The molecule has 0 spiro atoms. The number of hydrogen-bond donors (Lipinski definition) is 0. The van der Waals surface area contributed by atoms with Gasteiger partial charge in [0.05, 0.1) is 39.0 Å². The number of ketones is 1. The predicted molar refractivity (Wildman–Crippen MR) is 98.7 cm³/mol. The first-order valence-electron chi connectivity index (χ1n) is 7.79. The lowest BCUT2D eigenvalue weighted by molar-refractivity contribution is 0.0474. The monoisotopic (exact) mass is 394 g/mol. The molecule has 0 radical (unpaired) electrons. The van der Waals surface area contributed by atoms with Crippen molar-refractivity contribution >= 4 is 23.4 Å². The summed E-state index contributed by atoms with van der Waals surface area (Å²) in [5.41, 5.74) is 0.462. The van der Waals surface area contributed by atoms with Gasteiger partial charge in [-0.3, -0.25) is 4.79 Å². The first-order valence-corrected chi connectivity index (χ1v) is 8.16. The lowest BCUT2D eigenvalue weighted by atomic mass is 10.1. The molecular weight excluding hydrogens is 376 g/mol. The Morgan fingerprint density at radius 3 is 1.89 bits per heavy atom. The summed E-state index contributed by atoms with van der Waals surface area (Å²) in [6.07, 6.45) is 0. The van der Waals surface area contributed by atoms with E-state index in [0.717, 1.165) is 0 Å². The molecule has 2 aromatic carbocycles. The third-order valence-electron chi connectivity index (χ3n) is 3.71. The van der Waals surface area contributed by atoms with E-state index in [2.05, 4.69) is 0 Å². The van der Waals surface area contributed by atoms with Gasteiger partial charge in [0.1, 0.15) is 5.75 Å². The smallest absolute Gasteiger partial charge is 0.338 e. The molecule has 0 bridgehead atoms. The molecule has 0 amide bonds. The summed E-state index contributed by atoms with van der Waals surface area (Å²) >= 11 is 6.00. The number of methoxy groups -OCH3 is 4. The van der Waals surface area contributed by atoms with Gasteiger partial charge in [-0.1, -0.05) is 11.6 Å². The Labute approximate surface area is 161 Å². The third kappa shape index (κ3) is 4.62. The largest absolute Gasteiger partial charge is 0.495 e. The zero-order valence-corrected chi connectivity index (χ0v) is 16.1. The van der Waals surface area contributed by atoms with E-state index < -0.39 is 18.4 Å². The number of carbonyl (C=O) groups is 2. The molecule has 0 aliphatic carbocycles. The highest BCUT2D eigenvalue weighted by Gasteiger charge is 2.19. The summed E-state index contributed by atoms with van der Waals surface area (Å²) in [5.74, 6) is 0.291. The van der Waals surface area contributed by atoms with Gasteiger partial charge < -0.3 is 23.7 Å². The Morgan fingerprint density at radius 1 is 0.815 bits per heavy atom. The zero-order chi connectivity index (χ0) is 20.0. The number of ether oxygens (including phenoxy) is 5. The molecule has 0 saturated heterocycles. The van der Waals surface area contributed by atoms with E-state index in [-0.39, 0.29) is 5.56 Å². The summed E-state index contributed by atoms with van der Waals surface area (Å²) in [6.45, 7) is -0.446. The summed E-state index contributed by atoms with van der Waals surface area (Å²) in [5, 5.41) is 0.291. The normalized spacial score (nSPS) is 10.1. The van der Waals surface area contributed by atoms with E-state index >= 15 is 0 Å². The average molecular weight is 395 g/mol. The molecule has 144 valence electrons. The van der Waals surface area contributed by atoms with Crippen LogP contribution in [-0.4, -0.2) is 46.8 Å². The molecule has 0 aromatic heterocycles. The minimum absolute atomic E-state index is 0.157. The average Bonchev–Trinajstić information content (AvgIpc) is 2.70. The summed E-state index contributed by atoms with van der Waals surface area (Å²) < 4.78 is 25.7. The van der Waals surface area contributed by atoms with Crippen LogP contribution in [0.25, 0.3) is 0 Å². The molecule has 0 N–H and O–H groups in total. The van der Waals surface area contributed by atoms with Crippen LogP contribution < -0.4 is 18.9 Å². The summed E-state index contributed by atoms with van der Waals surface area (Å²) in [7, 11) is 5.80. The molecule has 7 nitrogen and oxygen atoms in total. The molecule has 0 saturated carbocycles. The van der Waals surface area contributed by atoms with Gasteiger partial charge in [0.2, 0.25) is 5.75 Å². The van der Waals surface area contributed by atoms with Crippen molar-refractivity contribution < 1.29 is 33.3 Å². The maximum absolute atomic E-state index is 12.3. The Hall–Kier alpha value is -2.93. The van der Waals surface area contributed by atoms with Crippen LogP contribution in [0.4, 0.5) is 0 Å². The second kappa shape index (κ2) is 9.14. The van der Waals surface area contributed by atoms with Crippen molar-refractivity contribution in [3.8, 4) is 23.0 Å². The van der Waals surface area contributed by atoms with Crippen molar-refractivity contribution in [2.45, 2.75) is 0 Å². The van der Waals surface area contributed by atoms with Crippen LogP contribution >= 0.6 is 11.6 Å². The molecule has 0 fully saturated rings. The predicted octanol–water partition coefficient (Wildman–Crippen LogP) is 3.41. The van der Waals surface area contributed by atoms with E-state index in [4.69, 9.17) is 35.3 Å². The SMILES string of the molecule is COc1ccc(C(=O)COC(=O)c2cc(OC)c(OC)c(OC)c2)cc1Cl. The summed E-state index contributed by atoms with van der Waals surface area (Å²) in [4.78, 5) is 24.5. The molecule has 8 heteroatoms. The number of esters is 1. The second-order valence-electron chi connectivity index (χ2n) is 5.26. The molecule has 0 heterocycles. The van der Waals surface area contributed by atoms with Crippen molar-refractivity contribution in [2.24, 2.45) is 0 Å². The zero-order valence-electron chi connectivity index (χ0n) is 15.3. The molecule has 0 unspecified atom stereocenters. The number of hydrogen-bond acceptors (Lipinski definition) is 7. The van der Waals surface area contributed by atoms with E-state index in [1.54, 1.807) is 12.1 Å². The van der Waals surface area contributed by atoms with Gasteiger partial charge in [0.15, 0.2) is 23.9 Å². The van der Waals surface area contributed by atoms with E-state index in [1.807, 2.05) is 0 Å². The number of carbonyl (C=O) groups excluding carboxylic acids is 2. The molecule has 27 heavy (non-hydrogen) atoms. The number of benzene rings is 2. The Morgan fingerprint density at radius 2 is 1.41 bits per heavy atom. The van der Waals surface area contributed by atoms with Crippen molar-refractivity contribution in [3.63, 3.8) is 0 Å². The molecular formula is C19H19ClO7. The quantitative estimate of drug-likeness (QED) is 0.501. The van der Waals surface area contributed by atoms with Crippen LogP contribution in [0, 0.1) is 0 Å². The Balaban J connectivity index is 2.13. The highest BCUT2D eigenvalue weighted by atomic mass is 35.5. The minimum atomic E-state index is -0.706. The standard InChI is InChI=1S/C19H19ClO7/c1-23-15-6-5-11(7-13(15)20)14(21)10-27-19(22)12-8-16(24-2)18(26-4)17(9-12)25-3/h5-9H,10H2,1-4H3. The van der Waals surface area contributed by atoms with Crippen LogP contribution in [0.3, 0.4) is 0 Å². The third-order valence-corrected chi connectivity index (χ3v) is 4.00. The number of Topliss-reactive ketones (excluding diaryl/α,β-unsaturated/α-hetero) is 1. The van der Waals surface area contributed by atoms with Crippen LogP contribution in [0.2, 0.25) is 5.02 Å². The van der Waals surface area contributed by atoms with Gasteiger partial charge in [-0.25, -0.2) is 4.79 Å². The Bertz CT molecular complexity index is 823. The lowest BCUT2D eigenvalue weighted by Gasteiger charge is -2.13. The van der Waals surface area contributed by atoms with Crippen LogP contribution in [0.5, 0.6) is 23.0 Å². The van der Waals surface area contributed by atoms with Gasteiger partial charge in [-0.05, 0) is 30.3 Å². The first-order chi connectivity index (χ1) is 12.9. The van der Waals surface area contributed by atoms with Crippen molar-refractivity contribution in [1.82, 2.24) is 0 Å². The van der Waals surface area contributed by atoms with Crippen molar-refractivity contribution in [2.75, 3.05) is 35.0 Å². The van der Waals surface area contributed by atoms with Crippen molar-refractivity contribution in [1.29, 1.82) is 0 Å². The van der Waals surface area contributed by atoms with E-state index in [0.29, 0.717) is 33.6 Å². The lowest BCUT2D eigenvalue weighted by Crippen LogP contribution is -2.14. The van der Waals surface area contributed by atoms with Gasteiger partial charge in [-0.2, -0.15) is 0 Å². The van der Waals surface area contributed by atoms with Gasteiger partial charge in [0.25, 0.3) is 0 Å². The first kappa shape index (κ1) is 20.4. The molecule has 0 atom stereocenters. The topological polar surface area (TPSA) is 80.3 Å². The van der Waals surface area contributed by atoms with Crippen LogP contribution in [0.1, 0.15) is 20.7 Å². The number of rotatable bonds is 8. The fraction of sp³-hybridized carbons (Fsp3) is 0.263. The fourth-order valence-corrected chi connectivity index (χ4v) is 2.59. The number of halogens is 1. The maximum atomic E-state index is 12.3. The molecule has 0 aliphatic rings. The van der Waals surface area contributed by atoms with Gasteiger partial charge >= 0.3 is 5.97 Å². The van der Waals surface area contributed by atoms with Crippen LogP contribution in [-0.2, 0) is 4.74 Å². The minimum Gasteiger partial charge on any atom is -0.495 e. The van der Waals surface area contributed by atoms with Crippen molar-refractivity contribution in [3.05, 3.63) is 46.5 Å². The Kier molecular flexibility index (Phi) is 6.90.